The maximum absolute atomic E-state index is 11.6. The van der Waals surface area contributed by atoms with Crippen molar-refractivity contribution in [3.63, 3.8) is 0 Å². The SMILES string of the molecule is CC(C)(C)OC(=O)Nc1ccc2n[nH]c(Br)c2c1. The fourth-order valence-electron chi connectivity index (χ4n) is 1.48. The van der Waals surface area contributed by atoms with Crippen LogP contribution in [-0.2, 0) is 4.74 Å². The highest BCUT2D eigenvalue weighted by molar-refractivity contribution is 9.10. The second kappa shape index (κ2) is 4.61. The lowest BCUT2D eigenvalue weighted by molar-refractivity contribution is 0.0636. The van der Waals surface area contributed by atoms with Crippen molar-refractivity contribution in [1.29, 1.82) is 0 Å². The number of hydrogen-bond acceptors (Lipinski definition) is 3. The number of halogens is 1. The van der Waals surface area contributed by atoms with Gasteiger partial charge in [-0.05, 0) is 54.9 Å². The van der Waals surface area contributed by atoms with E-state index >= 15 is 0 Å². The summed E-state index contributed by atoms with van der Waals surface area (Å²) < 4.78 is 5.96. The molecule has 6 heteroatoms. The van der Waals surface area contributed by atoms with Gasteiger partial charge in [-0.1, -0.05) is 0 Å². The van der Waals surface area contributed by atoms with Gasteiger partial charge < -0.3 is 4.74 Å². The lowest BCUT2D eigenvalue weighted by atomic mass is 10.2. The summed E-state index contributed by atoms with van der Waals surface area (Å²) in [6.07, 6.45) is -0.471. The van der Waals surface area contributed by atoms with Gasteiger partial charge in [0.1, 0.15) is 10.2 Å². The quantitative estimate of drug-likeness (QED) is 0.844. The van der Waals surface area contributed by atoms with Crippen LogP contribution in [-0.4, -0.2) is 21.9 Å². The zero-order valence-electron chi connectivity index (χ0n) is 10.4. The average Bonchev–Trinajstić information content (AvgIpc) is 2.57. The third-order valence-corrected chi connectivity index (χ3v) is 2.76. The fourth-order valence-corrected chi connectivity index (χ4v) is 1.88. The first-order valence-electron chi connectivity index (χ1n) is 5.49. The highest BCUT2D eigenvalue weighted by Crippen LogP contribution is 2.24. The molecule has 5 nitrogen and oxygen atoms in total. The van der Waals surface area contributed by atoms with Gasteiger partial charge in [0.15, 0.2) is 0 Å². The van der Waals surface area contributed by atoms with E-state index in [-0.39, 0.29) is 0 Å². The largest absolute Gasteiger partial charge is 0.444 e. The van der Waals surface area contributed by atoms with Gasteiger partial charge in [-0.3, -0.25) is 10.4 Å². The first-order chi connectivity index (χ1) is 8.35. The topological polar surface area (TPSA) is 67.0 Å². The number of benzene rings is 1. The molecule has 0 spiro atoms. The first-order valence-corrected chi connectivity index (χ1v) is 6.28. The molecular weight excluding hydrogens is 298 g/mol. The summed E-state index contributed by atoms with van der Waals surface area (Å²) in [7, 11) is 0. The second-order valence-corrected chi connectivity index (χ2v) is 5.69. The molecule has 0 aliphatic heterocycles. The number of aromatic amines is 1. The summed E-state index contributed by atoms with van der Waals surface area (Å²) in [5, 5.41) is 10.5. The molecule has 2 N–H and O–H groups in total. The summed E-state index contributed by atoms with van der Waals surface area (Å²) in [6, 6.07) is 5.43. The summed E-state index contributed by atoms with van der Waals surface area (Å²) >= 11 is 3.35. The minimum atomic E-state index is -0.510. The number of nitrogens with one attached hydrogen (secondary N) is 2. The molecule has 1 amide bonds. The van der Waals surface area contributed by atoms with E-state index in [0.29, 0.717) is 5.69 Å². The molecule has 1 aromatic carbocycles. The Hall–Kier alpha value is -1.56. The minimum absolute atomic E-state index is 0.471. The number of hydrogen-bond donors (Lipinski definition) is 2. The number of rotatable bonds is 1. The molecular formula is C12H14BrN3O2. The lowest BCUT2D eigenvalue weighted by Gasteiger charge is -2.19. The van der Waals surface area contributed by atoms with Crippen molar-refractivity contribution >= 4 is 38.6 Å². The maximum Gasteiger partial charge on any atom is 0.412 e. The van der Waals surface area contributed by atoms with Gasteiger partial charge in [0.25, 0.3) is 0 Å². The summed E-state index contributed by atoms with van der Waals surface area (Å²) in [5.74, 6) is 0. The Labute approximate surface area is 113 Å². The Kier molecular flexibility index (Phi) is 3.30. The predicted molar refractivity (Wildman–Crippen MR) is 73.7 cm³/mol. The van der Waals surface area contributed by atoms with Gasteiger partial charge in [0, 0.05) is 11.1 Å². The third-order valence-electron chi connectivity index (χ3n) is 2.15. The van der Waals surface area contributed by atoms with Crippen LogP contribution in [0.25, 0.3) is 10.9 Å². The van der Waals surface area contributed by atoms with Crippen molar-refractivity contribution < 1.29 is 9.53 Å². The van der Waals surface area contributed by atoms with E-state index < -0.39 is 11.7 Å². The van der Waals surface area contributed by atoms with Gasteiger partial charge in [0.2, 0.25) is 0 Å². The van der Waals surface area contributed by atoms with E-state index in [0.717, 1.165) is 15.5 Å². The van der Waals surface area contributed by atoms with Crippen LogP contribution in [0.2, 0.25) is 0 Å². The van der Waals surface area contributed by atoms with E-state index in [9.17, 15) is 4.79 Å². The lowest BCUT2D eigenvalue weighted by Crippen LogP contribution is -2.27. The van der Waals surface area contributed by atoms with Crippen LogP contribution in [0.3, 0.4) is 0 Å². The fraction of sp³-hybridized carbons (Fsp3) is 0.333. The van der Waals surface area contributed by atoms with Crippen molar-refractivity contribution in [3.05, 3.63) is 22.8 Å². The molecule has 1 heterocycles. The number of anilines is 1. The third kappa shape index (κ3) is 3.01. The van der Waals surface area contributed by atoms with E-state index in [1.54, 1.807) is 6.07 Å². The van der Waals surface area contributed by atoms with Gasteiger partial charge >= 0.3 is 6.09 Å². The van der Waals surface area contributed by atoms with Gasteiger partial charge in [-0.25, -0.2) is 4.79 Å². The van der Waals surface area contributed by atoms with Crippen LogP contribution in [0.15, 0.2) is 22.8 Å². The predicted octanol–water partition coefficient (Wildman–Crippen LogP) is 3.67. The second-order valence-electron chi connectivity index (χ2n) is 4.90. The zero-order valence-corrected chi connectivity index (χ0v) is 12.0. The number of carbonyl (C=O) groups is 1. The molecule has 0 radical (unpaired) electrons. The van der Waals surface area contributed by atoms with E-state index in [1.165, 1.54) is 0 Å². The molecule has 2 aromatic rings. The molecule has 0 fully saturated rings. The van der Waals surface area contributed by atoms with Gasteiger partial charge in [-0.15, -0.1) is 0 Å². The van der Waals surface area contributed by atoms with Crippen molar-refractivity contribution in [2.75, 3.05) is 5.32 Å². The first kappa shape index (κ1) is 12.9. The van der Waals surface area contributed by atoms with Crippen molar-refractivity contribution in [1.82, 2.24) is 10.2 Å². The molecule has 0 bridgehead atoms. The zero-order chi connectivity index (χ0) is 13.3. The van der Waals surface area contributed by atoms with Crippen LogP contribution >= 0.6 is 15.9 Å². The number of amides is 1. The molecule has 1 aromatic heterocycles. The Balaban J connectivity index is 2.17. The molecule has 0 aliphatic carbocycles. The van der Waals surface area contributed by atoms with E-state index in [1.807, 2.05) is 32.9 Å². The maximum atomic E-state index is 11.6. The van der Waals surface area contributed by atoms with Crippen molar-refractivity contribution in [2.45, 2.75) is 26.4 Å². The molecule has 0 saturated heterocycles. The normalized spacial score (nSPS) is 11.6. The van der Waals surface area contributed by atoms with Crippen molar-refractivity contribution in [2.24, 2.45) is 0 Å². The van der Waals surface area contributed by atoms with Crippen LogP contribution in [0, 0.1) is 0 Å². The molecule has 96 valence electrons. The standard InChI is InChI=1S/C12H14BrN3O2/c1-12(2,3)18-11(17)14-7-4-5-9-8(6-7)10(13)16-15-9/h4-6H,1-3H3,(H,14,17)(H,15,16). The minimum Gasteiger partial charge on any atom is -0.444 e. The monoisotopic (exact) mass is 311 g/mol. The van der Waals surface area contributed by atoms with Crippen molar-refractivity contribution in [3.8, 4) is 0 Å². The average molecular weight is 312 g/mol. The number of aromatic nitrogens is 2. The van der Waals surface area contributed by atoms with Gasteiger partial charge in [0.05, 0.1) is 5.52 Å². The number of carbonyl (C=O) groups excluding carboxylic acids is 1. The molecule has 0 atom stereocenters. The van der Waals surface area contributed by atoms with E-state index in [4.69, 9.17) is 4.74 Å². The molecule has 0 unspecified atom stereocenters. The number of nitrogens with zero attached hydrogens (tertiary/aromatic N) is 1. The number of H-pyrrole nitrogens is 1. The summed E-state index contributed by atoms with van der Waals surface area (Å²) in [4.78, 5) is 11.6. The van der Waals surface area contributed by atoms with Crippen LogP contribution < -0.4 is 5.32 Å². The van der Waals surface area contributed by atoms with Crippen LogP contribution in [0.5, 0.6) is 0 Å². The van der Waals surface area contributed by atoms with E-state index in [2.05, 4.69) is 31.4 Å². The number of fused-ring (bicyclic) bond motifs is 1. The Morgan fingerprint density at radius 2 is 2.17 bits per heavy atom. The number of ether oxygens (including phenoxy) is 1. The summed E-state index contributed by atoms with van der Waals surface area (Å²) in [5.41, 5.74) is 0.986. The summed E-state index contributed by atoms with van der Waals surface area (Å²) in [6.45, 7) is 5.47. The highest BCUT2D eigenvalue weighted by atomic mass is 79.9. The highest BCUT2D eigenvalue weighted by Gasteiger charge is 2.16. The van der Waals surface area contributed by atoms with Crippen LogP contribution in [0.4, 0.5) is 10.5 Å². The Bertz CT molecular complexity index is 587. The smallest absolute Gasteiger partial charge is 0.412 e. The van der Waals surface area contributed by atoms with Crippen LogP contribution in [0.1, 0.15) is 20.8 Å². The molecule has 0 aliphatic rings. The Morgan fingerprint density at radius 1 is 1.44 bits per heavy atom. The molecule has 2 rings (SSSR count). The van der Waals surface area contributed by atoms with Gasteiger partial charge in [-0.2, -0.15) is 5.10 Å². The molecule has 0 saturated carbocycles. The Morgan fingerprint density at radius 3 is 2.83 bits per heavy atom. The molecule has 18 heavy (non-hydrogen) atoms.